The van der Waals surface area contributed by atoms with Crippen LogP contribution >= 0.6 is 11.3 Å². The Balaban J connectivity index is 2.11. The summed E-state index contributed by atoms with van der Waals surface area (Å²) in [6.07, 6.45) is 1.98. The van der Waals surface area contributed by atoms with Gasteiger partial charge in [0.15, 0.2) is 5.06 Å². The molecule has 6 heteroatoms. The zero-order chi connectivity index (χ0) is 18.3. The predicted molar refractivity (Wildman–Crippen MR) is 99.5 cm³/mol. The van der Waals surface area contributed by atoms with E-state index >= 15 is 0 Å². The summed E-state index contributed by atoms with van der Waals surface area (Å²) < 4.78 is 24.8. The van der Waals surface area contributed by atoms with Gasteiger partial charge in [0, 0.05) is 22.4 Å². The minimum Gasteiger partial charge on any atom is -0.487 e. The number of nitrogens with zero attached hydrogens (tertiary/aromatic N) is 1. The third kappa shape index (κ3) is 2.84. The highest BCUT2D eigenvalue weighted by atomic mass is 32.1. The number of halogens is 1. The van der Waals surface area contributed by atoms with Crippen molar-refractivity contribution in [3.05, 3.63) is 46.7 Å². The van der Waals surface area contributed by atoms with Crippen LogP contribution in [0.3, 0.4) is 0 Å². The lowest BCUT2D eigenvalue weighted by atomic mass is 9.94. The fourth-order valence-electron chi connectivity index (χ4n) is 3.24. The van der Waals surface area contributed by atoms with Crippen molar-refractivity contribution in [1.29, 1.82) is 0 Å². The molecule has 1 aliphatic rings. The number of thiophene rings is 1. The van der Waals surface area contributed by atoms with E-state index in [0.717, 1.165) is 24.1 Å². The number of pyridine rings is 1. The van der Waals surface area contributed by atoms with Crippen LogP contribution in [0.5, 0.6) is 5.06 Å². The highest BCUT2D eigenvalue weighted by Gasteiger charge is 2.34. The van der Waals surface area contributed by atoms with E-state index in [1.54, 1.807) is 20.1 Å². The van der Waals surface area contributed by atoms with Gasteiger partial charge in [0.1, 0.15) is 5.82 Å². The Bertz CT molecular complexity index is 994. The number of esters is 1. The Labute approximate surface area is 154 Å². The Morgan fingerprint density at radius 3 is 2.85 bits per heavy atom. The van der Waals surface area contributed by atoms with Crippen molar-refractivity contribution >= 4 is 28.2 Å². The first-order valence-electron chi connectivity index (χ1n) is 8.56. The molecule has 4 nitrogen and oxygen atoms in total. The van der Waals surface area contributed by atoms with Crippen LogP contribution in [0.25, 0.3) is 22.0 Å². The number of fused-ring (bicyclic) bond motifs is 1. The largest absolute Gasteiger partial charge is 0.487 e. The van der Waals surface area contributed by atoms with Gasteiger partial charge in [-0.3, -0.25) is 4.98 Å². The molecule has 0 amide bonds. The Hall–Kier alpha value is -2.47. The number of hydrogen-bond donors (Lipinski definition) is 0. The van der Waals surface area contributed by atoms with Crippen LogP contribution in [0, 0.1) is 5.82 Å². The quantitative estimate of drug-likeness (QED) is 0.581. The van der Waals surface area contributed by atoms with Crippen molar-refractivity contribution in [2.45, 2.75) is 25.7 Å². The second-order valence-electron chi connectivity index (χ2n) is 6.23. The number of rotatable bonds is 5. The van der Waals surface area contributed by atoms with E-state index in [-0.39, 0.29) is 18.3 Å². The van der Waals surface area contributed by atoms with Crippen LogP contribution in [0.2, 0.25) is 0 Å². The van der Waals surface area contributed by atoms with Crippen molar-refractivity contribution in [2.24, 2.45) is 0 Å². The first kappa shape index (κ1) is 17.0. The number of ether oxygens (including phenoxy) is 2. The number of hydrogen-bond acceptors (Lipinski definition) is 5. The van der Waals surface area contributed by atoms with Crippen LogP contribution in [0.15, 0.2) is 29.6 Å². The summed E-state index contributed by atoms with van der Waals surface area (Å²) >= 11 is 1.43. The van der Waals surface area contributed by atoms with Gasteiger partial charge in [-0.05, 0) is 49.4 Å². The van der Waals surface area contributed by atoms with Gasteiger partial charge in [0.05, 0.1) is 30.5 Å². The van der Waals surface area contributed by atoms with E-state index in [1.807, 2.05) is 11.4 Å². The van der Waals surface area contributed by atoms with Gasteiger partial charge >= 0.3 is 5.97 Å². The van der Waals surface area contributed by atoms with Crippen molar-refractivity contribution < 1.29 is 18.7 Å². The lowest BCUT2D eigenvalue weighted by Gasteiger charge is -2.16. The molecular weight excluding hydrogens is 353 g/mol. The molecular formula is C20H18FNO3S. The standard InChI is InChI=1S/C20H18FNO3S/c1-3-25-19(23)17-16(13-8-9-26-20(13)24-2)14-10-12(21)6-7-15(14)22-18(17)11-4-5-11/h6-11H,3-5H2,1-2H3. The number of methoxy groups -OCH3 is 1. The Morgan fingerprint density at radius 1 is 1.35 bits per heavy atom. The summed E-state index contributed by atoms with van der Waals surface area (Å²) in [5, 5.41) is 3.16. The second kappa shape index (κ2) is 6.68. The maximum atomic E-state index is 14.0. The SMILES string of the molecule is CCOC(=O)c1c(C2CC2)nc2ccc(F)cc2c1-c1ccsc1OC. The van der Waals surface area contributed by atoms with Crippen LogP contribution in [-0.4, -0.2) is 24.7 Å². The van der Waals surface area contributed by atoms with E-state index in [1.165, 1.54) is 23.5 Å². The molecule has 1 saturated carbocycles. The molecule has 0 atom stereocenters. The van der Waals surface area contributed by atoms with Gasteiger partial charge in [-0.15, -0.1) is 11.3 Å². The molecule has 0 spiro atoms. The molecule has 1 aromatic carbocycles. The van der Waals surface area contributed by atoms with Crippen LogP contribution in [0.1, 0.15) is 41.7 Å². The van der Waals surface area contributed by atoms with Gasteiger partial charge < -0.3 is 9.47 Å². The number of aromatic nitrogens is 1. The highest BCUT2D eigenvalue weighted by Crippen LogP contribution is 2.47. The van der Waals surface area contributed by atoms with Gasteiger partial charge in [0.2, 0.25) is 0 Å². The summed E-state index contributed by atoms with van der Waals surface area (Å²) in [5.74, 6) is -0.549. The Morgan fingerprint density at radius 2 is 2.15 bits per heavy atom. The van der Waals surface area contributed by atoms with E-state index in [0.29, 0.717) is 27.1 Å². The van der Waals surface area contributed by atoms with Crippen LogP contribution < -0.4 is 4.74 Å². The molecule has 0 N–H and O–H groups in total. The van der Waals surface area contributed by atoms with Gasteiger partial charge in [-0.25, -0.2) is 9.18 Å². The monoisotopic (exact) mass is 371 g/mol. The van der Waals surface area contributed by atoms with Gasteiger partial charge in [-0.1, -0.05) is 0 Å². The molecule has 4 rings (SSSR count). The van der Waals surface area contributed by atoms with E-state index in [9.17, 15) is 9.18 Å². The van der Waals surface area contributed by atoms with E-state index < -0.39 is 5.97 Å². The highest BCUT2D eigenvalue weighted by molar-refractivity contribution is 7.12. The summed E-state index contributed by atoms with van der Waals surface area (Å²) in [4.78, 5) is 17.6. The number of carbonyl (C=O) groups is 1. The molecule has 26 heavy (non-hydrogen) atoms. The Kier molecular flexibility index (Phi) is 4.36. The summed E-state index contributed by atoms with van der Waals surface area (Å²) in [7, 11) is 1.59. The van der Waals surface area contributed by atoms with Crippen molar-refractivity contribution in [3.63, 3.8) is 0 Å². The third-order valence-corrected chi connectivity index (χ3v) is 5.38. The summed E-state index contributed by atoms with van der Waals surface area (Å²) in [5.41, 5.74) is 3.26. The molecule has 134 valence electrons. The molecule has 2 heterocycles. The smallest absolute Gasteiger partial charge is 0.340 e. The zero-order valence-electron chi connectivity index (χ0n) is 14.5. The molecule has 0 unspecified atom stereocenters. The fourth-order valence-corrected chi connectivity index (χ4v) is 3.96. The first-order valence-corrected chi connectivity index (χ1v) is 9.44. The second-order valence-corrected chi connectivity index (χ2v) is 7.11. The lowest BCUT2D eigenvalue weighted by Crippen LogP contribution is -2.12. The van der Waals surface area contributed by atoms with Crippen LogP contribution in [-0.2, 0) is 4.74 Å². The van der Waals surface area contributed by atoms with Crippen molar-refractivity contribution in [2.75, 3.05) is 13.7 Å². The maximum absolute atomic E-state index is 14.0. The van der Waals surface area contributed by atoms with Gasteiger partial charge in [-0.2, -0.15) is 0 Å². The normalized spacial score (nSPS) is 13.8. The van der Waals surface area contributed by atoms with Crippen molar-refractivity contribution in [1.82, 2.24) is 4.98 Å². The lowest BCUT2D eigenvalue weighted by molar-refractivity contribution is 0.0525. The molecule has 1 aliphatic carbocycles. The first-order chi connectivity index (χ1) is 12.6. The summed E-state index contributed by atoms with van der Waals surface area (Å²) in [6, 6.07) is 6.37. The number of benzene rings is 1. The average Bonchev–Trinajstić information content (AvgIpc) is 3.37. The molecule has 0 saturated heterocycles. The van der Waals surface area contributed by atoms with E-state index in [4.69, 9.17) is 14.5 Å². The minimum atomic E-state index is -0.420. The zero-order valence-corrected chi connectivity index (χ0v) is 15.4. The maximum Gasteiger partial charge on any atom is 0.340 e. The number of carbonyl (C=O) groups excluding carboxylic acids is 1. The average molecular weight is 371 g/mol. The fraction of sp³-hybridized carbons (Fsp3) is 0.300. The van der Waals surface area contributed by atoms with Crippen molar-refractivity contribution in [3.8, 4) is 16.2 Å². The minimum absolute atomic E-state index is 0.243. The molecule has 3 aromatic rings. The topological polar surface area (TPSA) is 48.4 Å². The summed E-state index contributed by atoms with van der Waals surface area (Å²) in [6.45, 7) is 2.04. The third-order valence-electron chi connectivity index (χ3n) is 4.50. The molecule has 0 aliphatic heterocycles. The molecule has 1 fully saturated rings. The van der Waals surface area contributed by atoms with E-state index in [2.05, 4.69) is 0 Å². The molecule has 0 radical (unpaired) electrons. The molecule has 0 bridgehead atoms. The van der Waals surface area contributed by atoms with Gasteiger partial charge in [0.25, 0.3) is 0 Å². The molecule has 2 aromatic heterocycles. The van der Waals surface area contributed by atoms with Crippen LogP contribution in [0.4, 0.5) is 4.39 Å². The predicted octanol–water partition coefficient (Wildman–Crippen LogP) is 5.17.